The molecule has 1 aliphatic heterocycles. The predicted octanol–water partition coefficient (Wildman–Crippen LogP) is 3.12. The van der Waals surface area contributed by atoms with Crippen molar-refractivity contribution in [1.29, 1.82) is 0 Å². The van der Waals surface area contributed by atoms with E-state index in [0.717, 1.165) is 24.7 Å². The number of hydrogen-bond acceptors (Lipinski definition) is 3. The Balaban J connectivity index is 0.00000192. The maximum Gasteiger partial charge on any atom is 0.0645 e. The maximum atomic E-state index is 4.49. The number of para-hydroxylation sites is 1. The molecule has 1 saturated heterocycles. The monoisotopic (exact) mass is 334 g/mol. The second-order valence-electron chi connectivity index (χ2n) is 6.24. The first-order chi connectivity index (χ1) is 10.8. The lowest BCUT2D eigenvalue weighted by molar-refractivity contribution is 0.172. The highest BCUT2D eigenvalue weighted by atomic mass is 35.5. The van der Waals surface area contributed by atoms with E-state index >= 15 is 0 Å². The predicted molar refractivity (Wildman–Crippen MR) is 97.4 cm³/mol. The van der Waals surface area contributed by atoms with Crippen molar-refractivity contribution >= 4 is 12.4 Å². The summed E-state index contributed by atoms with van der Waals surface area (Å²) in [6.07, 6.45) is 8.13. The van der Waals surface area contributed by atoms with Crippen molar-refractivity contribution in [3.63, 3.8) is 0 Å². The van der Waals surface area contributed by atoms with Gasteiger partial charge in [-0.25, -0.2) is 4.68 Å². The summed E-state index contributed by atoms with van der Waals surface area (Å²) >= 11 is 0. The summed E-state index contributed by atoms with van der Waals surface area (Å²) in [6.45, 7) is 4.59. The van der Waals surface area contributed by atoms with E-state index in [0.29, 0.717) is 0 Å². The van der Waals surface area contributed by atoms with E-state index in [1.54, 1.807) is 0 Å². The molecule has 2 aromatic rings. The van der Waals surface area contributed by atoms with Gasteiger partial charge in [-0.1, -0.05) is 18.2 Å². The third kappa shape index (κ3) is 5.06. The van der Waals surface area contributed by atoms with Crippen molar-refractivity contribution in [2.75, 3.05) is 26.7 Å². The summed E-state index contributed by atoms with van der Waals surface area (Å²) in [6, 6.07) is 10.3. The van der Waals surface area contributed by atoms with Crippen LogP contribution in [0.15, 0.2) is 42.7 Å². The van der Waals surface area contributed by atoms with Crippen LogP contribution in [0.25, 0.3) is 5.69 Å². The first-order valence-corrected chi connectivity index (χ1v) is 8.31. The van der Waals surface area contributed by atoms with Crippen LogP contribution < -0.4 is 5.32 Å². The number of benzene rings is 1. The zero-order chi connectivity index (χ0) is 15.2. The third-order valence-electron chi connectivity index (χ3n) is 4.57. The minimum absolute atomic E-state index is 0. The Morgan fingerprint density at radius 1 is 1.17 bits per heavy atom. The first-order valence-electron chi connectivity index (χ1n) is 8.31. The number of hydrogen-bond donors (Lipinski definition) is 1. The fourth-order valence-electron chi connectivity index (χ4n) is 3.20. The molecule has 0 spiro atoms. The molecule has 5 heteroatoms. The minimum Gasteiger partial charge on any atom is -0.320 e. The topological polar surface area (TPSA) is 33.1 Å². The van der Waals surface area contributed by atoms with Crippen molar-refractivity contribution in [1.82, 2.24) is 20.0 Å². The molecular formula is C18H27ClN4. The van der Waals surface area contributed by atoms with Crippen molar-refractivity contribution in [3.05, 3.63) is 48.3 Å². The van der Waals surface area contributed by atoms with Gasteiger partial charge >= 0.3 is 0 Å². The molecule has 0 atom stereocenters. The van der Waals surface area contributed by atoms with Crippen LogP contribution in [0, 0.1) is 5.92 Å². The maximum absolute atomic E-state index is 4.49. The van der Waals surface area contributed by atoms with E-state index in [-0.39, 0.29) is 12.4 Å². The molecule has 0 unspecified atom stereocenters. The van der Waals surface area contributed by atoms with Gasteiger partial charge < -0.3 is 5.32 Å². The van der Waals surface area contributed by atoms with E-state index in [1.807, 2.05) is 36.1 Å². The fourth-order valence-corrected chi connectivity index (χ4v) is 3.20. The van der Waals surface area contributed by atoms with Crippen molar-refractivity contribution in [2.24, 2.45) is 5.92 Å². The lowest BCUT2D eigenvalue weighted by Crippen LogP contribution is -2.33. The number of rotatable bonds is 6. The van der Waals surface area contributed by atoms with Crippen molar-refractivity contribution < 1.29 is 0 Å². The molecule has 4 nitrogen and oxygen atoms in total. The lowest BCUT2D eigenvalue weighted by Gasteiger charge is -2.31. The summed E-state index contributed by atoms with van der Waals surface area (Å²) in [5.41, 5.74) is 2.43. The molecule has 3 rings (SSSR count). The highest BCUT2D eigenvalue weighted by Gasteiger charge is 2.19. The minimum atomic E-state index is 0. The zero-order valence-electron chi connectivity index (χ0n) is 13.8. The van der Waals surface area contributed by atoms with Gasteiger partial charge in [0, 0.05) is 18.3 Å². The Hall–Kier alpha value is -1.36. The van der Waals surface area contributed by atoms with Gasteiger partial charge in [0.2, 0.25) is 0 Å². The number of halogens is 1. The molecule has 0 aliphatic carbocycles. The molecule has 1 aromatic carbocycles. The molecule has 0 bridgehead atoms. The first kappa shape index (κ1) is 18.0. The van der Waals surface area contributed by atoms with E-state index < -0.39 is 0 Å². The molecule has 126 valence electrons. The number of likely N-dealkylation sites (tertiary alicyclic amines) is 1. The molecule has 1 aliphatic rings. The molecule has 0 radical (unpaired) electrons. The summed E-state index contributed by atoms with van der Waals surface area (Å²) < 4.78 is 1.97. The van der Waals surface area contributed by atoms with Crippen LogP contribution >= 0.6 is 12.4 Å². The van der Waals surface area contributed by atoms with Crippen LogP contribution in [0.5, 0.6) is 0 Å². The SMILES string of the molecule is CNCCC1CCN(Cc2cnn(-c3ccccc3)c2)CC1.Cl. The van der Waals surface area contributed by atoms with Gasteiger partial charge in [0.1, 0.15) is 0 Å². The van der Waals surface area contributed by atoms with Gasteiger partial charge in [-0.3, -0.25) is 4.90 Å². The van der Waals surface area contributed by atoms with Crippen LogP contribution in [0.1, 0.15) is 24.8 Å². The van der Waals surface area contributed by atoms with Crippen LogP contribution in [0.4, 0.5) is 0 Å². The largest absolute Gasteiger partial charge is 0.320 e. The Kier molecular flexibility index (Phi) is 7.09. The second-order valence-corrected chi connectivity index (χ2v) is 6.24. The summed E-state index contributed by atoms with van der Waals surface area (Å²) in [7, 11) is 2.04. The molecule has 23 heavy (non-hydrogen) atoms. The number of piperidine rings is 1. The molecule has 1 N–H and O–H groups in total. The van der Waals surface area contributed by atoms with Crippen LogP contribution in [0.3, 0.4) is 0 Å². The average Bonchev–Trinajstić information content (AvgIpc) is 3.04. The van der Waals surface area contributed by atoms with Gasteiger partial charge in [0.15, 0.2) is 0 Å². The number of aromatic nitrogens is 2. The molecular weight excluding hydrogens is 308 g/mol. The Morgan fingerprint density at radius 3 is 2.61 bits per heavy atom. The highest BCUT2D eigenvalue weighted by molar-refractivity contribution is 5.85. The van der Waals surface area contributed by atoms with Gasteiger partial charge in [-0.05, 0) is 64.0 Å². The van der Waals surface area contributed by atoms with Gasteiger partial charge in [-0.15, -0.1) is 12.4 Å². The van der Waals surface area contributed by atoms with Gasteiger partial charge in [0.05, 0.1) is 11.9 Å². The van der Waals surface area contributed by atoms with E-state index in [1.165, 1.54) is 37.9 Å². The van der Waals surface area contributed by atoms with Crippen LogP contribution in [0.2, 0.25) is 0 Å². The van der Waals surface area contributed by atoms with E-state index in [4.69, 9.17) is 0 Å². The Labute approximate surface area is 145 Å². The standard InChI is InChI=1S/C18H26N4.ClH/c1-19-10-7-16-8-11-21(12-9-16)14-17-13-20-22(15-17)18-5-3-2-4-6-18;/h2-6,13,15-16,19H,7-12,14H2,1H3;1H. The van der Waals surface area contributed by atoms with Crippen molar-refractivity contribution in [2.45, 2.75) is 25.8 Å². The van der Waals surface area contributed by atoms with Crippen molar-refractivity contribution in [3.8, 4) is 5.69 Å². The van der Waals surface area contributed by atoms with E-state index in [9.17, 15) is 0 Å². The highest BCUT2D eigenvalue weighted by Crippen LogP contribution is 2.21. The summed E-state index contributed by atoms with van der Waals surface area (Å²) in [5.74, 6) is 0.899. The summed E-state index contributed by atoms with van der Waals surface area (Å²) in [5, 5.41) is 7.75. The van der Waals surface area contributed by atoms with Gasteiger partial charge in [0.25, 0.3) is 0 Å². The molecule has 0 amide bonds. The lowest BCUT2D eigenvalue weighted by atomic mass is 9.93. The quantitative estimate of drug-likeness (QED) is 0.881. The van der Waals surface area contributed by atoms with Gasteiger partial charge in [-0.2, -0.15) is 5.10 Å². The van der Waals surface area contributed by atoms with Crippen LogP contribution in [-0.2, 0) is 6.54 Å². The fraction of sp³-hybridized carbons (Fsp3) is 0.500. The molecule has 0 saturated carbocycles. The second kappa shape index (κ2) is 9.06. The third-order valence-corrected chi connectivity index (χ3v) is 4.57. The Morgan fingerprint density at radius 2 is 1.91 bits per heavy atom. The van der Waals surface area contributed by atoms with E-state index in [2.05, 4.69) is 33.6 Å². The Bertz CT molecular complexity index is 561. The molecule has 1 fully saturated rings. The smallest absolute Gasteiger partial charge is 0.0645 e. The summed E-state index contributed by atoms with van der Waals surface area (Å²) in [4.78, 5) is 2.56. The number of nitrogens with zero attached hydrogens (tertiary/aromatic N) is 3. The zero-order valence-corrected chi connectivity index (χ0v) is 14.6. The molecule has 1 aromatic heterocycles. The molecule has 2 heterocycles. The number of nitrogens with one attached hydrogen (secondary N) is 1. The van der Waals surface area contributed by atoms with Crippen LogP contribution in [-0.4, -0.2) is 41.4 Å². The normalized spacial score (nSPS) is 16.2. The average molecular weight is 335 g/mol.